The predicted octanol–water partition coefficient (Wildman–Crippen LogP) is 1.46. The van der Waals surface area contributed by atoms with Crippen LogP contribution in [0.2, 0.25) is 0 Å². The van der Waals surface area contributed by atoms with Gasteiger partial charge in [0.05, 0.1) is 12.7 Å². The summed E-state index contributed by atoms with van der Waals surface area (Å²) in [5, 5.41) is 6.76. The fraction of sp³-hybridized carbons (Fsp3) is 0.111. The van der Waals surface area contributed by atoms with Gasteiger partial charge in [0.25, 0.3) is 11.7 Å². The van der Waals surface area contributed by atoms with E-state index in [1.54, 1.807) is 6.07 Å². The van der Waals surface area contributed by atoms with Crippen LogP contribution in [0.25, 0.3) is 16.9 Å². The summed E-state index contributed by atoms with van der Waals surface area (Å²) in [4.78, 5) is 19.0. The van der Waals surface area contributed by atoms with Gasteiger partial charge in [-0.25, -0.2) is 9.97 Å². The van der Waals surface area contributed by atoms with Crippen molar-refractivity contribution in [3.63, 3.8) is 0 Å². The Balaban J connectivity index is 1.68. The van der Waals surface area contributed by atoms with Gasteiger partial charge in [0.1, 0.15) is 17.0 Å². The average molecular weight is 335 g/mol. The number of imidazole rings is 1. The van der Waals surface area contributed by atoms with Crippen molar-refractivity contribution in [2.24, 2.45) is 0 Å². The molecule has 124 valence electrons. The van der Waals surface area contributed by atoms with Crippen LogP contribution in [-0.4, -0.2) is 16.0 Å². The molecule has 3 N–H and O–H groups in total. The molecule has 0 bridgehead atoms. The molecule has 0 aliphatic rings. The van der Waals surface area contributed by atoms with Crippen LogP contribution in [0.3, 0.4) is 0 Å². The third kappa shape index (κ3) is 2.87. The van der Waals surface area contributed by atoms with Gasteiger partial charge >= 0.3 is 0 Å². The second kappa shape index (κ2) is 6.20. The first kappa shape index (κ1) is 15.1. The van der Waals surface area contributed by atoms with Crippen LogP contribution in [0.5, 0.6) is 0 Å². The zero-order chi connectivity index (χ0) is 17.2. The van der Waals surface area contributed by atoms with Crippen LogP contribution in [0.1, 0.15) is 21.9 Å². The first-order chi connectivity index (χ1) is 12.2. The second-order valence-corrected chi connectivity index (χ2v) is 5.71. The average Bonchev–Trinajstić information content (AvgIpc) is 3.24. The Labute approximate surface area is 143 Å². The minimum absolute atomic E-state index is 0.199. The summed E-state index contributed by atoms with van der Waals surface area (Å²) in [7, 11) is 0. The molecule has 0 atom stereocenters. The number of pyridine rings is 2. The van der Waals surface area contributed by atoms with Gasteiger partial charge in [-0.1, -0.05) is 11.2 Å². The summed E-state index contributed by atoms with van der Waals surface area (Å²) in [6.45, 7) is 2.12. The first-order valence-corrected chi connectivity index (χ1v) is 7.91. The minimum atomic E-state index is -0.199. The van der Waals surface area contributed by atoms with Crippen LogP contribution in [0.4, 0.5) is 0 Å². The van der Waals surface area contributed by atoms with Crippen LogP contribution in [0.15, 0.2) is 59.5 Å². The van der Waals surface area contributed by atoms with Gasteiger partial charge in [-0.3, -0.25) is 4.79 Å². The van der Waals surface area contributed by atoms with E-state index in [0.717, 1.165) is 16.9 Å². The number of nitrogens with zero attached hydrogens (tertiary/aromatic N) is 2. The molecule has 0 saturated carbocycles. The largest absolute Gasteiger partial charge is 0.361 e. The first-order valence-electron chi connectivity index (χ1n) is 7.91. The van der Waals surface area contributed by atoms with Crippen molar-refractivity contribution in [3.8, 4) is 11.4 Å². The molecule has 7 nitrogen and oxygen atoms in total. The number of aryl methyl sites for hydroxylation is 1. The molecular weight excluding hydrogens is 318 g/mol. The Kier molecular flexibility index (Phi) is 3.74. The highest BCUT2D eigenvalue weighted by Gasteiger charge is 2.25. The van der Waals surface area contributed by atoms with Crippen molar-refractivity contribution < 1.29 is 18.7 Å². The molecule has 1 amide bonds. The van der Waals surface area contributed by atoms with Gasteiger partial charge in [0, 0.05) is 12.1 Å². The molecule has 4 aromatic rings. The number of carbonyl (C=O) groups is 1. The van der Waals surface area contributed by atoms with Crippen molar-refractivity contribution in [2.45, 2.75) is 13.5 Å². The Bertz CT molecular complexity index is 1040. The number of aromatic amines is 2. The molecule has 0 aliphatic heterocycles. The van der Waals surface area contributed by atoms with Gasteiger partial charge in [-0.2, -0.15) is 4.40 Å². The van der Waals surface area contributed by atoms with Crippen molar-refractivity contribution >= 4 is 11.4 Å². The second-order valence-electron chi connectivity index (χ2n) is 5.71. The molecule has 25 heavy (non-hydrogen) atoms. The van der Waals surface area contributed by atoms with Gasteiger partial charge in [-0.05, 0) is 25.1 Å². The van der Waals surface area contributed by atoms with E-state index in [9.17, 15) is 4.79 Å². The Morgan fingerprint density at radius 3 is 3.04 bits per heavy atom. The van der Waals surface area contributed by atoms with Crippen LogP contribution in [-0.2, 0) is 6.54 Å². The minimum Gasteiger partial charge on any atom is -0.361 e. The molecule has 0 fully saturated rings. The fourth-order valence-electron chi connectivity index (χ4n) is 2.77. The Morgan fingerprint density at radius 2 is 2.28 bits per heavy atom. The summed E-state index contributed by atoms with van der Waals surface area (Å²) in [5.74, 6) is 1.35. The lowest BCUT2D eigenvalue weighted by Crippen LogP contribution is -2.25. The quantitative estimate of drug-likeness (QED) is 0.553. The smallest absolute Gasteiger partial charge is 0.298 e. The van der Waals surface area contributed by atoms with E-state index in [-0.39, 0.29) is 5.91 Å². The highest BCUT2D eigenvalue weighted by atomic mass is 16.5. The summed E-state index contributed by atoms with van der Waals surface area (Å²) in [6.07, 6.45) is 5.64. The SMILES string of the molecule is Cc1cc(CNC(=O)c2[nH]c(-c3ccc[nH+]c3)[n+]3ccccc23)no1. The highest BCUT2D eigenvalue weighted by Crippen LogP contribution is 2.15. The lowest BCUT2D eigenvalue weighted by atomic mass is 10.3. The molecule has 0 saturated heterocycles. The van der Waals surface area contributed by atoms with Gasteiger partial charge < -0.3 is 9.84 Å². The maximum absolute atomic E-state index is 12.7. The number of fused-ring (bicyclic) bond motifs is 1. The number of hydrogen-bond acceptors (Lipinski definition) is 3. The van der Waals surface area contributed by atoms with Gasteiger partial charge in [0.15, 0.2) is 17.9 Å². The van der Waals surface area contributed by atoms with Crippen LogP contribution >= 0.6 is 0 Å². The van der Waals surface area contributed by atoms with Gasteiger partial charge in [0.2, 0.25) is 5.69 Å². The third-order valence-corrected chi connectivity index (χ3v) is 3.91. The summed E-state index contributed by atoms with van der Waals surface area (Å²) in [5.41, 5.74) is 2.94. The topological polar surface area (TPSA) is 89.2 Å². The lowest BCUT2D eigenvalue weighted by molar-refractivity contribution is -0.499. The normalized spacial score (nSPS) is 10.9. The number of carbonyl (C=O) groups excluding carboxylic acids is 1. The summed E-state index contributed by atoms with van der Waals surface area (Å²) < 4.78 is 6.97. The summed E-state index contributed by atoms with van der Waals surface area (Å²) >= 11 is 0. The monoisotopic (exact) mass is 335 g/mol. The molecule has 0 spiro atoms. The summed E-state index contributed by atoms with van der Waals surface area (Å²) in [6, 6.07) is 11.4. The van der Waals surface area contributed by atoms with Gasteiger partial charge in [-0.15, -0.1) is 0 Å². The number of rotatable bonds is 4. The van der Waals surface area contributed by atoms with E-state index < -0.39 is 0 Å². The fourth-order valence-corrected chi connectivity index (χ4v) is 2.77. The Morgan fingerprint density at radius 1 is 1.36 bits per heavy atom. The van der Waals surface area contributed by atoms with E-state index in [2.05, 4.69) is 20.4 Å². The molecule has 4 aromatic heterocycles. The molecule has 0 radical (unpaired) electrons. The molecule has 0 aliphatic carbocycles. The van der Waals surface area contributed by atoms with Crippen molar-refractivity contribution in [1.82, 2.24) is 15.5 Å². The maximum atomic E-state index is 12.7. The number of nitrogens with one attached hydrogen (secondary N) is 3. The molecule has 0 unspecified atom stereocenters. The maximum Gasteiger partial charge on any atom is 0.298 e. The number of H-pyrrole nitrogens is 2. The number of hydrogen-bond donors (Lipinski definition) is 2. The molecule has 7 heteroatoms. The lowest BCUT2D eigenvalue weighted by Gasteiger charge is -1.98. The van der Waals surface area contributed by atoms with E-state index in [4.69, 9.17) is 4.52 Å². The van der Waals surface area contributed by atoms with Crippen molar-refractivity contribution in [1.29, 1.82) is 0 Å². The zero-order valence-electron chi connectivity index (χ0n) is 13.6. The standard InChI is InChI=1S/C18H15N5O2/c1-12-9-14(22-25-12)11-20-18(24)16-15-6-2-3-8-23(15)17(21-16)13-5-4-7-19-10-13/h2-10H,11H2,1H3,(H,20,24)/p+2. The number of amides is 1. The highest BCUT2D eigenvalue weighted by molar-refractivity contribution is 5.98. The Hall–Kier alpha value is -3.48. The molecule has 0 aromatic carbocycles. The van der Waals surface area contributed by atoms with E-state index in [0.29, 0.717) is 23.7 Å². The van der Waals surface area contributed by atoms with Crippen LogP contribution in [0, 0.1) is 6.92 Å². The molecular formula is C18H17N5O2+2. The van der Waals surface area contributed by atoms with Crippen molar-refractivity contribution in [3.05, 3.63) is 72.1 Å². The number of aromatic nitrogens is 4. The van der Waals surface area contributed by atoms with E-state index in [1.807, 2.05) is 60.2 Å². The molecule has 4 heterocycles. The third-order valence-electron chi connectivity index (χ3n) is 3.91. The predicted molar refractivity (Wildman–Crippen MR) is 88.4 cm³/mol. The van der Waals surface area contributed by atoms with Crippen molar-refractivity contribution in [2.75, 3.05) is 0 Å². The zero-order valence-corrected chi connectivity index (χ0v) is 13.6. The van der Waals surface area contributed by atoms with E-state index in [1.165, 1.54) is 0 Å². The molecule has 4 rings (SSSR count). The van der Waals surface area contributed by atoms with E-state index >= 15 is 0 Å². The van der Waals surface area contributed by atoms with Crippen LogP contribution < -0.4 is 14.7 Å².